The standard InChI is InChI=1S/C14H11F4NO/c1-8-2-5-12(19)13(6-8)20-9-3-4-11(15)10(7-9)14(16,17)18/h2-7H,19H2,1H3. The van der Waals surface area contributed by atoms with Gasteiger partial charge in [-0.05, 0) is 42.8 Å². The van der Waals surface area contributed by atoms with Crippen molar-refractivity contribution in [2.24, 2.45) is 0 Å². The molecule has 2 aromatic carbocycles. The van der Waals surface area contributed by atoms with E-state index < -0.39 is 17.6 Å². The number of halogens is 4. The molecule has 0 bridgehead atoms. The van der Waals surface area contributed by atoms with Gasteiger partial charge >= 0.3 is 6.18 Å². The van der Waals surface area contributed by atoms with E-state index >= 15 is 0 Å². The van der Waals surface area contributed by atoms with E-state index in [-0.39, 0.29) is 17.2 Å². The molecule has 0 saturated heterocycles. The Morgan fingerprint density at radius 2 is 1.75 bits per heavy atom. The number of hydrogen-bond donors (Lipinski definition) is 1. The maximum atomic E-state index is 13.1. The minimum Gasteiger partial charge on any atom is -0.455 e. The summed E-state index contributed by atoms with van der Waals surface area (Å²) in [6.45, 7) is 1.79. The highest BCUT2D eigenvalue weighted by molar-refractivity contribution is 5.55. The van der Waals surface area contributed by atoms with Gasteiger partial charge in [-0.15, -0.1) is 0 Å². The third-order valence-electron chi connectivity index (χ3n) is 2.64. The van der Waals surface area contributed by atoms with Gasteiger partial charge in [-0.2, -0.15) is 13.2 Å². The fraction of sp³-hybridized carbons (Fsp3) is 0.143. The van der Waals surface area contributed by atoms with Crippen molar-refractivity contribution in [2.75, 3.05) is 5.73 Å². The lowest BCUT2D eigenvalue weighted by atomic mass is 10.2. The van der Waals surface area contributed by atoms with Crippen LogP contribution in [-0.4, -0.2) is 0 Å². The number of alkyl halides is 3. The summed E-state index contributed by atoms with van der Waals surface area (Å²) in [4.78, 5) is 0. The molecular weight excluding hydrogens is 274 g/mol. The largest absolute Gasteiger partial charge is 0.455 e. The van der Waals surface area contributed by atoms with E-state index in [0.717, 1.165) is 11.6 Å². The van der Waals surface area contributed by atoms with Crippen molar-refractivity contribution < 1.29 is 22.3 Å². The van der Waals surface area contributed by atoms with Crippen LogP contribution in [0.5, 0.6) is 11.5 Å². The first kappa shape index (κ1) is 14.2. The van der Waals surface area contributed by atoms with Crippen LogP contribution in [0.3, 0.4) is 0 Å². The van der Waals surface area contributed by atoms with Gasteiger partial charge in [-0.3, -0.25) is 0 Å². The molecule has 6 heteroatoms. The Labute approximate surface area is 112 Å². The lowest BCUT2D eigenvalue weighted by Crippen LogP contribution is -2.08. The van der Waals surface area contributed by atoms with Crippen molar-refractivity contribution in [3.63, 3.8) is 0 Å². The zero-order valence-corrected chi connectivity index (χ0v) is 10.5. The third kappa shape index (κ3) is 3.01. The normalized spacial score (nSPS) is 11.4. The molecule has 0 aliphatic heterocycles. The van der Waals surface area contributed by atoms with Crippen LogP contribution in [0.25, 0.3) is 0 Å². The Hall–Kier alpha value is -2.24. The van der Waals surface area contributed by atoms with Gasteiger partial charge in [-0.25, -0.2) is 4.39 Å². The van der Waals surface area contributed by atoms with E-state index in [2.05, 4.69) is 0 Å². The van der Waals surface area contributed by atoms with E-state index in [1.54, 1.807) is 25.1 Å². The van der Waals surface area contributed by atoms with E-state index in [9.17, 15) is 17.6 Å². The summed E-state index contributed by atoms with van der Waals surface area (Å²) in [6, 6.07) is 7.35. The molecule has 0 unspecified atom stereocenters. The van der Waals surface area contributed by atoms with E-state index in [1.165, 1.54) is 0 Å². The van der Waals surface area contributed by atoms with Gasteiger partial charge in [0.25, 0.3) is 0 Å². The SMILES string of the molecule is Cc1ccc(N)c(Oc2ccc(F)c(C(F)(F)F)c2)c1. The minimum absolute atomic E-state index is 0.129. The highest BCUT2D eigenvalue weighted by Gasteiger charge is 2.34. The molecule has 0 radical (unpaired) electrons. The highest BCUT2D eigenvalue weighted by Crippen LogP contribution is 2.35. The molecule has 0 fully saturated rings. The lowest BCUT2D eigenvalue weighted by Gasteiger charge is -2.12. The summed E-state index contributed by atoms with van der Waals surface area (Å²) in [5.41, 5.74) is 5.42. The second-order valence-corrected chi connectivity index (χ2v) is 4.28. The van der Waals surface area contributed by atoms with Crippen molar-refractivity contribution in [1.29, 1.82) is 0 Å². The Kier molecular flexibility index (Phi) is 3.57. The summed E-state index contributed by atoms with van der Waals surface area (Å²) in [5.74, 6) is -1.25. The summed E-state index contributed by atoms with van der Waals surface area (Å²) in [7, 11) is 0. The number of ether oxygens (including phenoxy) is 1. The van der Waals surface area contributed by atoms with Gasteiger partial charge in [0.15, 0.2) is 5.75 Å². The molecule has 2 nitrogen and oxygen atoms in total. The summed E-state index contributed by atoms with van der Waals surface area (Å²) >= 11 is 0. The van der Waals surface area contributed by atoms with E-state index in [1.807, 2.05) is 0 Å². The van der Waals surface area contributed by atoms with Crippen LogP contribution in [0.2, 0.25) is 0 Å². The maximum Gasteiger partial charge on any atom is 0.419 e. The molecule has 2 rings (SSSR count). The molecule has 0 saturated carbocycles. The van der Waals surface area contributed by atoms with Crippen LogP contribution in [0.15, 0.2) is 36.4 Å². The summed E-state index contributed by atoms with van der Waals surface area (Å²) in [5, 5.41) is 0. The fourth-order valence-corrected chi connectivity index (χ4v) is 1.64. The number of nitrogen functional groups attached to an aromatic ring is 1. The highest BCUT2D eigenvalue weighted by atomic mass is 19.4. The molecule has 0 amide bonds. The second kappa shape index (κ2) is 5.03. The molecule has 106 valence electrons. The number of aryl methyl sites for hydroxylation is 1. The van der Waals surface area contributed by atoms with Crippen LogP contribution in [0, 0.1) is 12.7 Å². The van der Waals surface area contributed by atoms with Gasteiger partial charge in [0.05, 0.1) is 11.3 Å². The molecule has 0 atom stereocenters. The van der Waals surface area contributed by atoms with Crippen molar-refractivity contribution in [3.05, 3.63) is 53.3 Å². The van der Waals surface area contributed by atoms with Gasteiger partial charge in [0.2, 0.25) is 0 Å². The average molecular weight is 285 g/mol. The number of hydrogen-bond acceptors (Lipinski definition) is 2. The maximum absolute atomic E-state index is 13.1. The Morgan fingerprint density at radius 3 is 2.40 bits per heavy atom. The van der Waals surface area contributed by atoms with Gasteiger partial charge in [0.1, 0.15) is 11.6 Å². The molecule has 0 aliphatic rings. The Balaban J connectivity index is 2.37. The van der Waals surface area contributed by atoms with Crippen molar-refractivity contribution in [2.45, 2.75) is 13.1 Å². The number of rotatable bonds is 2. The van der Waals surface area contributed by atoms with Crippen molar-refractivity contribution >= 4 is 5.69 Å². The number of nitrogens with two attached hydrogens (primary N) is 1. The molecule has 20 heavy (non-hydrogen) atoms. The molecule has 2 aromatic rings. The molecule has 0 aromatic heterocycles. The van der Waals surface area contributed by atoms with Crippen molar-refractivity contribution in [1.82, 2.24) is 0 Å². The topological polar surface area (TPSA) is 35.2 Å². The zero-order chi connectivity index (χ0) is 14.9. The third-order valence-corrected chi connectivity index (χ3v) is 2.64. The number of anilines is 1. The summed E-state index contributed by atoms with van der Waals surface area (Å²) < 4.78 is 56.2. The molecule has 0 aliphatic carbocycles. The predicted molar refractivity (Wildman–Crippen MR) is 67.1 cm³/mol. The van der Waals surface area contributed by atoms with E-state index in [4.69, 9.17) is 10.5 Å². The zero-order valence-electron chi connectivity index (χ0n) is 10.5. The smallest absolute Gasteiger partial charge is 0.419 e. The first-order chi connectivity index (χ1) is 9.27. The Morgan fingerprint density at radius 1 is 1.05 bits per heavy atom. The van der Waals surface area contributed by atoms with Crippen LogP contribution in [0.4, 0.5) is 23.2 Å². The van der Waals surface area contributed by atoms with Gasteiger partial charge < -0.3 is 10.5 Å². The first-order valence-corrected chi connectivity index (χ1v) is 5.68. The van der Waals surface area contributed by atoms with Crippen LogP contribution in [-0.2, 0) is 6.18 Å². The van der Waals surface area contributed by atoms with Crippen LogP contribution >= 0.6 is 0 Å². The van der Waals surface area contributed by atoms with Crippen LogP contribution < -0.4 is 10.5 Å². The summed E-state index contributed by atoms with van der Waals surface area (Å²) in [6.07, 6.45) is -4.78. The molecule has 0 spiro atoms. The monoisotopic (exact) mass is 285 g/mol. The van der Waals surface area contributed by atoms with Crippen LogP contribution in [0.1, 0.15) is 11.1 Å². The van der Waals surface area contributed by atoms with Gasteiger partial charge in [-0.1, -0.05) is 6.07 Å². The Bertz CT molecular complexity index is 638. The second-order valence-electron chi connectivity index (χ2n) is 4.28. The van der Waals surface area contributed by atoms with Gasteiger partial charge in [0, 0.05) is 0 Å². The number of benzene rings is 2. The first-order valence-electron chi connectivity index (χ1n) is 5.68. The van der Waals surface area contributed by atoms with Crippen molar-refractivity contribution in [3.8, 4) is 11.5 Å². The minimum atomic E-state index is -4.78. The molecular formula is C14H11F4NO. The average Bonchev–Trinajstić information content (AvgIpc) is 2.35. The van der Waals surface area contributed by atoms with E-state index in [0.29, 0.717) is 12.1 Å². The quantitative estimate of drug-likeness (QED) is 0.650. The lowest BCUT2D eigenvalue weighted by molar-refractivity contribution is -0.140. The fourth-order valence-electron chi connectivity index (χ4n) is 1.64. The molecule has 2 N–H and O–H groups in total. The molecule has 0 heterocycles. The predicted octanol–water partition coefficient (Wildman–Crippen LogP) is 4.53.